The monoisotopic (exact) mass is 320 g/mol. The van der Waals surface area contributed by atoms with E-state index in [0.717, 1.165) is 17.7 Å². The molecule has 0 spiro atoms. The van der Waals surface area contributed by atoms with Crippen molar-refractivity contribution in [2.45, 2.75) is 45.3 Å². The Morgan fingerprint density at radius 1 is 1.59 bits per heavy atom. The van der Waals surface area contributed by atoms with Gasteiger partial charge in [0, 0.05) is 11.3 Å². The highest BCUT2D eigenvalue weighted by molar-refractivity contribution is 7.10. The average molecular weight is 320 g/mol. The Labute approximate surface area is 133 Å². The lowest BCUT2D eigenvalue weighted by atomic mass is 9.76. The smallest absolute Gasteiger partial charge is 0.289 e. The molecule has 2 aromatic rings. The molecule has 0 aliphatic heterocycles. The molecular weight excluding hydrogens is 300 g/mol. The Balaban J connectivity index is 1.78. The minimum atomic E-state index is -0.247. The molecule has 1 amide bonds. The van der Waals surface area contributed by atoms with Crippen molar-refractivity contribution in [3.63, 3.8) is 0 Å². The van der Waals surface area contributed by atoms with Crippen LogP contribution in [0.3, 0.4) is 0 Å². The first-order valence-electron chi connectivity index (χ1n) is 7.57. The van der Waals surface area contributed by atoms with E-state index in [9.17, 15) is 9.90 Å². The van der Waals surface area contributed by atoms with Crippen LogP contribution in [0, 0.1) is 12.8 Å². The van der Waals surface area contributed by atoms with E-state index in [0.29, 0.717) is 23.8 Å². The van der Waals surface area contributed by atoms with Crippen molar-refractivity contribution in [3.8, 4) is 0 Å². The minimum Gasteiger partial charge on any atom is -0.435 e. The molecule has 0 saturated heterocycles. The fourth-order valence-electron chi connectivity index (χ4n) is 2.81. The summed E-state index contributed by atoms with van der Waals surface area (Å²) in [5.41, 5.74) is 0.618. The van der Waals surface area contributed by atoms with E-state index in [-0.39, 0.29) is 24.0 Å². The predicted molar refractivity (Wildman–Crippen MR) is 83.9 cm³/mol. The maximum Gasteiger partial charge on any atom is 0.289 e. The van der Waals surface area contributed by atoms with Crippen molar-refractivity contribution >= 4 is 17.2 Å². The number of amides is 1. The molecule has 118 valence electrons. The molecule has 6 heteroatoms. The van der Waals surface area contributed by atoms with Crippen molar-refractivity contribution in [1.29, 1.82) is 0 Å². The van der Waals surface area contributed by atoms with Gasteiger partial charge in [0.25, 0.3) is 5.91 Å². The van der Waals surface area contributed by atoms with Crippen molar-refractivity contribution in [2.75, 3.05) is 0 Å². The van der Waals surface area contributed by atoms with Gasteiger partial charge in [-0.1, -0.05) is 13.0 Å². The van der Waals surface area contributed by atoms with Gasteiger partial charge in [-0.15, -0.1) is 11.3 Å². The summed E-state index contributed by atoms with van der Waals surface area (Å²) in [5.74, 6) is 0.906. The Kier molecular flexibility index (Phi) is 4.31. The maximum absolute atomic E-state index is 12.5. The molecule has 1 unspecified atom stereocenters. The number of aliphatic hydroxyl groups is 1. The molecule has 0 bridgehead atoms. The zero-order valence-electron chi connectivity index (χ0n) is 12.7. The fraction of sp³-hybridized carbons (Fsp3) is 0.500. The van der Waals surface area contributed by atoms with Crippen LogP contribution < -0.4 is 5.32 Å². The summed E-state index contributed by atoms with van der Waals surface area (Å²) in [5, 5.41) is 14.6. The average Bonchev–Trinajstić information content (AvgIpc) is 3.10. The van der Waals surface area contributed by atoms with Crippen LogP contribution in [0.25, 0.3) is 0 Å². The second-order valence-corrected chi connectivity index (χ2v) is 6.71. The van der Waals surface area contributed by atoms with E-state index in [2.05, 4.69) is 10.3 Å². The van der Waals surface area contributed by atoms with Crippen LogP contribution in [-0.4, -0.2) is 22.1 Å². The second-order valence-electron chi connectivity index (χ2n) is 5.73. The Bertz CT molecular complexity index is 644. The number of aromatic nitrogens is 1. The summed E-state index contributed by atoms with van der Waals surface area (Å²) in [6, 6.07) is 3.92. The van der Waals surface area contributed by atoms with Crippen LogP contribution in [-0.2, 0) is 6.42 Å². The van der Waals surface area contributed by atoms with Gasteiger partial charge in [-0.05, 0) is 37.1 Å². The van der Waals surface area contributed by atoms with Gasteiger partial charge in [0.15, 0.2) is 5.89 Å². The minimum absolute atomic E-state index is 0.0783. The molecule has 3 rings (SSSR count). The molecule has 22 heavy (non-hydrogen) atoms. The molecule has 2 N–H and O–H groups in total. The lowest BCUT2D eigenvalue weighted by Crippen LogP contribution is -2.41. The van der Waals surface area contributed by atoms with Crippen LogP contribution in [0.1, 0.15) is 52.8 Å². The van der Waals surface area contributed by atoms with Crippen LogP contribution in [0.15, 0.2) is 21.9 Å². The number of carbonyl (C=O) groups is 1. The van der Waals surface area contributed by atoms with Gasteiger partial charge in [-0.25, -0.2) is 4.98 Å². The number of nitrogens with zero attached hydrogens (tertiary/aromatic N) is 1. The highest BCUT2D eigenvalue weighted by Gasteiger charge is 2.36. The number of carbonyl (C=O) groups excluding carboxylic acids is 1. The van der Waals surface area contributed by atoms with Crippen LogP contribution in [0.5, 0.6) is 0 Å². The topological polar surface area (TPSA) is 75.4 Å². The number of aliphatic hydroxyl groups excluding tert-OH is 1. The Morgan fingerprint density at radius 3 is 2.91 bits per heavy atom. The third kappa shape index (κ3) is 2.94. The molecule has 1 fully saturated rings. The number of aryl methyl sites for hydroxylation is 2. The molecule has 1 aliphatic carbocycles. The normalized spacial score (nSPS) is 22.1. The molecule has 2 heterocycles. The van der Waals surface area contributed by atoms with Crippen LogP contribution in [0.4, 0.5) is 0 Å². The first-order valence-corrected chi connectivity index (χ1v) is 8.45. The summed E-state index contributed by atoms with van der Waals surface area (Å²) in [6.07, 6.45) is 1.86. The van der Waals surface area contributed by atoms with Gasteiger partial charge in [-0.2, -0.15) is 0 Å². The Morgan fingerprint density at radius 2 is 2.36 bits per heavy atom. The molecule has 2 aromatic heterocycles. The van der Waals surface area contributed by atoms with Gasteiger partial charge in [-0.3, -0.25) is 4.79 Å². The van der Waals surface area contributed by atoms with E-state index >= 15 is 0 Å². The third-order valence-corrected chi connectivity index (χ3v) is 5.06. The number of thiophene rings is 1. The summed E-state index contributed by atoms with van der Waals surface area (Å²) in [4.78, 5) is 17.9. The largest absolute Gasteiger partial charge is 0.435 e. The number of nitrogens with one attached hydrogen (secondary N) is 1. The third-order valence-electron chi connectivity index (χ3n) is 4.11. The van der Waals surface area contributed by atoms with Gasteiger partial charge in [0.05, 0.1) is 17.8 Å². The summed E-state index contributed by atoms with van der Waals surface area (Å²) in [6.45, 7) is 3.72. The predicted octanol–water partition coefficient (Wildman–Crippen LogP) is 2.85. The number of rotatable bonds is 5. The Hall–Kier alpha value is -1.66. The SMILES string of the molecule is CCc1nc(C)c(C(=O)NC(c2cccs2)C2CC(O)C2)o1. The molecular formula is C16H20N2O3S. The van der Waals surface area contributed by atoms with Crippen LogP contribution in [0.2, 0.25) is 0 Å². The van der Waals surface area contributed by atoms with E-state index in [1.807, 2.05) is 24.4 Å². The lowest BCUT2D eigenvalue weighted by Gasteiger charge is -2.37. The summed E-state index contributed by atoms with van der Waals surface area (Å²) >= 11 is 1.62. The van der Waals surface area contributed by atoms with Gasteiger partial charge in [0.1, 0.15) is 0 Å². The maximum atomic E-state index is 12.5. The fourth-order valence-corrected chi connectivity index (χ4v) is 3.68. The van der Waals surface area contributed by atoms with Gasteiger partial charge >= 0.3 is 0 Å². The lowest BCUT2D eigenvalue weighted by molar-refractivity contribution is 0.0238. The first-order chi connectivity index (χ1) is 10.6. The van der Waals surface area contributed by atoms with Crippen molar-refractivity contribution in [3.05, 3.63) is 39.7 Å². The number of hydrogen-bond acceptors (Lipinski definition) is 5. The van der Waals surface area contributed by atoms with E-state index < -0.39 is 0 Å². The zero-order chi connectivity index (χ0) is 15.7. The molecule has 0 radical (unpaired) electrons. The van der Waals surface area contributed by atoms with Gasteiger partial charge in [0.2, 0.25) is 5.76 Å². The highest BCUT2D eigenvalue weighted by atomic mass is 32.1. The first kappa shape index (κ1) is 15.2. The quantitative estimate of drug-likeness (QED) is 0.888. The van der Waals surface area contributed by atoms with Crippen LogP contribution >= 0.6 is 11.3 Å². The molecule has 5 nitrogen and oxygen atoms in total. The molecule has 1 aliphatic rings. The van der Waals surface area contributed by atoms with Crippen molar-refractivity contribution in [2.24, 2.45) is 5.92 Å². The summed E-state index contributed by atoms with van der Waals surface area (Å²) < 4.78 is 5.53. The highest BCUT2D eigenvalue weighted by Crippen LogP contribution is 2.39. The van der Waals surface area contributed by atoms with E-state index in [4.69, 9.17) is 4.42 Å². The summed E-state index contributed by atoms with van der Waals surface area (Å²) in [7, 11) is 0. The molecule has 1 atom stereocenters. The van der Waals surface area contributed by atoms with Crippen molar-refractivity contribution in [1.82, 2.24) is 10.3 Å². The molecule has 1 saturated carbocycles. The van der Waals surface area contributed by atoms with E-state index in [1.165, 1.54) is 0 Å². The van der Waals surface area contributed by atoms with Crippen molar-refractivity contribution < 1.29 is 14.3 Å². The number of hydrogen-bond donors (Lipinski definition) is 2. The second kappa shape index (κ2) is 6.22. The number of oxazole rings is 1. The standard InChI is InChI=1S/C16H20N2O3S/c1-3-13-17-9(2)15(21-13)16(20)18-14(10-7-11(19)8-10)12-5-4-6-22-12/h4-6,10-11,14,19H,3,7-8H2,1-2H3,(H,18,20). The van der Waals surface area contributed by atoms with Gasteiger partial charge < -0.3 is 14.8 Å². The van der Waals surface area contributed by atoms with E-state index in [1.54, 1.807) is 18.3 Å². The molecule has 0 aromatic carbocycles. The zero-order valence-corrected chi connectivity index (χ0v) is 13.5.